The van der Waals surface area contributed by atoms with Gasteiger partial charge in [0.15, 0.2) is 0 Å². The van der Waals surface area contributed by atoms with Crippen LogP contribution < -0.4 is 4.74 Å². The fourth-order valence-corrected chi connectivity index (χ4v) is 6.33. The van der Waals surface area contributed by atoms with Crippen LogP contribution in [0.25, 0.3) is 5.57 Å². The maximum atomic E-state index is 13.6. The van der Waals surface area contributed by atoms with Crippen molar-refractivity contribution in [3.05, 3.63) is 29.8 Å². The van der Waals surface area contributed by atoms with Gasteiger partial charge < -0.3 is 19.6 Å². The molecule has 0 bridgehead atoms. The molecule has 0 radical (unpaired) electrons. The molecule has 1 N–H and O–H groups in total. The highest BCUT2D eigenvalue weighted by atomic mass is 32.2. The lowest BCUT2D eigenvalue weighted by Gasteiger charge is -2.37. The lowest BCUT2D eigenvalue weighted by atomic mass is 9.93. The molecule has 0 unspecified atom stereocenters. The molecule has 190 valence electrons. The third-order valence-corrected chi connectivity index (χ3v) is 8.68. The van der Waals surface area contributed by atoms with E-state index in [-0.39, 0.29) is 36.4 Å². The van der Waals surface area contributed by atoms with Gasteiger partial charge in [-0.05, 0) is 70.0 Å². The SMILES string of the molecule is C[C@H]1CN([C@@H](C)CO)S(=O)(=O)c2ccc(C3=CCCCC3)cc2O[C@H]1CN(C)C(=O)CN(C)C. The van der Waals surface area contributed by atoms with Crippen LogP contribution in [0, 0.1) is 5.92 Å². The molecule has 0 saturated carbocycles. The number of benzene rings is 1. The highest BCUT2D eigenvalue weighted by Gasteiger charge is 2.38. The quantitative estimate of drug-likeness (QED) is 0.628. The summed E-state index contributed by atoms with van der Waals surface area (Å²) in [6.45, 7) is 4.17. The highest BCUT2D eigenvalue weighted by molar-refractivity contribution is 7.89. The van der Waals surface area contributed by atoms with Gasteiger partial charge in [-0.3, -0.25) is 4.79 Å². The molecule has 0 spiro atoms. The van der Waals surface area contributed by atoms with E-state index in [2.05, 4.69) is 6.08 Å². The van der Waals surface area contributed by atoms with Crippen molar-refractivity contribution in [1.29, 1.82) is 0 Å². The van der Waals surface area contributed by atoms with Crippen LogP contribution in [0.2, 0.25) is 0 Å². The van der Waals surface area contributed by atoms with Crippen molar-refractivity contribution in [2.45, 2.75) is 56.6 Å². The number of ether oxygens (including phenoxy) is 1. The molecule has 3 atom stereocenters. The number of carbonyl (C=O) groups is 1. The van der Waals surface area contributed by atoms with Crippen LogP contribution in [-0.4, -0.2) is 93.1 Å². The number of amides is 1. The summed E-state index contributed by atoms with van der Waals surface area (Å²) in [6, 6.07) is 4.73. The number of likely N-dealkylation sites (N-methyl/N-ethyl adjacent to an activating group) is 2. The summed E-state index contributed by atoms with van der Waals surface area (Å²) >= 11 is 0. The number of aliphatic hydroxyl groups excluding tert-OH is 1. The lowest BCUT2D eigenvalue weighted by molar-refractivity contribution is -0.132. The predicted octanol–water partition coefficient (Wildman–Crippen LogP) is 2.43. The minimum absolute atomic E-state index is 0.0302. The molecule has 2 aliphatic rings. The average molecular weight is 494 g/mol. The Labute approximate surface area is 204 Å². The maximum Gasteiger partial charge on any atom is 0.247 e. The van der Waals surface area contributed by atoms with E-state index in [0.29, 0.717) is 12.3 Å². The molecular weight excluding hydrogens is 454 g/mol. The smallest absolute Gasteiger partial charge is 0.247 e. The normalized spacial score (nSPS) is 23.8. The molecular formula is C25H39N3O5S. The van der Waals surface area contributed by atoms with E-state index in [0.717, 1.165) is 24.8 Å². The molecule has 9 heteroatoms. The monoisotopic (exact) mass is 493 g/mol. The zero-order valence-corrected chi connectivity index (χ0v) is 21.8. The zero-order chi connectivity index (χ0) is 25.0. The molecule has 3 rings (SSSR count). The van der Waals surface area contributed by atoms with Crippen molar-refractivity contribution in [2.75, 3.05) is 47.4 Å². The Morgan fingerprint density at radius 3 is 2.62 bits per heavy atom. The molecule has 34 heavy (non-hydrogen) atoms. The third kappa shape index (κ3) is 6.00. The van der Waals surface area contributed by atoms with Crippen molar-refractivity contribution in [1.82, 2.24) is 14.1 Å². The van der Waals surface area contributed by atoms with Crippen LogP contribution >= 0.6 is 0 Å². The minimum Gasteiger partial charge on any atom is -0.487 e. The summed E-state index contributed by atoms with van der Waals surface area (Å²) in [5.74, 6) is 0.0746. The van der Waals surface area contributed by atoms with Gasteiger partial charge >= 0.3 is 0 Å². The molecule has 1 heterocycles. The van der Waals surface area contributed by atoms with Gasteiger partial charge in [0.05, 0.1) is 19.7 Å². The van der Waals surface area contributed by atoms with Gasteiger partial charge in [-0.2, -0.15) is 4.31 Å². The van der Waals surface area contributed by atoms with E-state index >= 15 is 0 Å². The average Bonchev–Trinajstić information content (AvgIpc) is 2.80. The Morgan fingerprint density at radius 2 is 2.00 bits per heavy atom. The first-order valence-electron chi connectivity index (χ1n) is 12.1. The second-order valence-corrected chi connectivity index (χ2v) is 11.7. The number of sulfonamides is 1. The fourth-order valence-electron chi connectivity index (χ4n) is 4.51. The van der Waals surface area contributed by atoms with Crippen LogP contribution in [0.1, 0.15) is 45.1 Å². The summed E-state index contributed by atoms with van der Waals surface area (Å²) in [4.78, 5) is 16.2. The molecule has 1 aliphatic carbocycles. The van der Waals surface area contributed by atoms with E-state index in [1.54, 1.807) is 24.9 Å². The van der Waals surface area contributed by atoms with E-state index in [1.165, 1.54) is 16.3 Å². The Morgan fingerprint density at radius 1 is 1.26 bits per heavy atom. The van der Waals surface area contributed by atoms with E-state index < -0.39 is 22.2 Å². The molecule has 8 nitrogen and oxygen atoms in total. The number of hydrogen-bond donors (Lipinski definition) is 1. The summed E-state index contributed by atoms with van der Waals surface area (Å²) in [6.07, 6.45) is 6.07. The van der Waals surface area contributed by atoms with Gasteiger partial charge in [0, 0.05) is 25.6 Å². The van der Waals surface area contributed by atoms with Gasteiger partial charge in [0.1, 0.15) is 16.7 Å². The van der Waals surface area contributed by atoms with Crippen LogP contribution in [0.5, 0.6) is 5.75 Å². The molecule has 1 aliphatic heterocycles. The second kappa shape index (κ2) is 11.2. The van der Waals surface area contributed by atoms with E-state index in [9.17, 15) is 18.3 Å². The lowest BCUT2D eigenvalue weighted by Crippen LogP contribution is -2.50. The van der Waals surface area contributed by atoms with Crippen molar-refractivity contribution in [3.8, 4) is 5.75 Å². The van der Waals surface area contributed by atoms with E-state index in [4.69, 9.17) is 4.74 Å². The molecule has 1 aromatic carbocycles. The van der Waals surface area contributed by atoms with Crippen molar-refractivity contribution in [2.24, 2.45) is 5.92 Å². The summed E-state index contributed by atoms with van der Waals surface area (Å²) in [5.41, 5.74) is 2.18. The van der Waals surface area contributed by atoms with Crippen molar-refractivity contribution < 1.29 is 23.1 Å². The molecule has 1 aromatic rings. The first kappa shape index (κ1) is 26.7. The fraction of sp³-hybridized carbons (Fsp3) is 0.640. The molecule has 0 aromatic heterocycles. The topological polar surface area (TPSA) is 90.4 Å². The summed E-state index contributed by atoms with van der Waals surface area (Å²) in [5, 5.41) is 9.80. The largest absolute Gasteiger partial charge is 0.487 e. The van der Waals surface area contributed by atoms with Crippen LogP contribution in [0.3, 0.4) is 0 Å². The van der Waals surface area contributed by atoms with Crippen molar-refractivity contribution >= 4 is 21.5 Å². The summed E-state index contributed by atoms with van der Waals surface area (Å²) < 4.78 is 35.0. The van der Waals surface area contributed by atoms with Gasteiger partial charge in [-0.15, -0.1) is 0 Å². The van der Waals surface area contributed by atoms with Crippen molar-refractivity contribution in [3.63, 3.8) is 0 Å². The molecule has 1 amide bonds. The van der Waals surface area contributed by atoms with Crippen LogP contribution in [0.4, 0.5) is 0 Å². The molecule has 0 saturated heterocycles. The number of allylic oxidation sites excluding steroid dienone is 2. The Hall–Kier alpha value is -1.94. The first-order chi connectivity index (χ1) is 16.0. The van der Waals surface area contributed by atoms with Crippen LogP contribution in [0.15, 0.2) is 29.2 Å². The Bertz CT molecular complexity index is 1010. The Kier molecular flexibility index (Phi) is 8.78. The van der Waals surface area contributed by atoms with E-state index in [1.807, 2.05) is 38.1 Å². The molecule has 0 fully saturated rings. The van der Waals surface area contributed by atoms with Crippen LogP contribution in [-0.2, 0) is 14.8 Å². The Balaban J connectivity index is 2.03. The second-order valence-electron chi connectivity index (χ2n) is 9.89. The first-order valence-corrected chi connectivity index (χ1v) is 13.5. The highest BCUT2D eigenvalue weighted by Crippen LogP contribution is 2.37. The van der Waals surface area contributed by atoms with Gasteiger partial charge in [-0.1, -0.05) is 19.1 Å². The van der Waals surface area contributed by atoms with Gasteiger partial charge in [0.2, 0.25) is 15.9 Å². The maximum absolute atomic E-state index is 13.6. The van der Waals surface area contributed by atoms with Gasteiger partial charge in [-0.25, -0.2) is 8.42 Å². The predicted molar refractivity (Wildman–Crippen MR) is 133 cm³/mol. The summed E-state index contributed by atoms with van der Waals surface area (Å²) in [7, 11) is 1.56. The standard InChI is InChI=1S/C25H39N3O5S/c1-18-14-28(19(2)17-29)34(31,32)24-12-11-21(20-9-7-6-8-10-20)13-22(24)33-23(18)15-27(5)25(30)16-26(3)4/h9,11-13,18-19,23,29H,6-8,10,14-17H2,1-5H3/t18-,19-,23-/m0/s1. The number of fused-ring (bicyclic) bond motifs is 1. The number of nitrogens with zero attached hydrogens (tertiary/aromatic N) is 3. The van der Waals surface area contributed by atoms with Gasteiger partial charge in [0.25, 0.3) is 0 Å². The third-order valence-electron chi connectivity index (χ3n) is 6.66. The minimum atomic E-state index is -3.88. The zero-order valence-electron chi connectivity index (χ0n) is 21.0. The number of rotatable bonds is 7. The number of carbonyl (C=O) groups excluding carboxylic acids is 1. The number of hydrogen-bond acceptors (Lipinski definition) is 6. The number of aliphatic hydroxyl groups is 1.